The van der Waals surface area contributed by atoms with Crippen LogP contribution >= 0.6 is 0 Å². The summed E-state index contributed by atoms with van der Waals surface area (Å²) in [6, 6.07) is 0. The molecule has 5 heteroatoms. The summed E-state index contributed by atoms with van der Waals surface area (Å²) >= 11 is 2.83. The molecule has 0 aliphatic carbocycles. The van der Waals surface area contributed by atoms with Gasteiger partial charge in [-0.25, -0.2) is 0 Å². The quantitative estimate of drug-likeness (QED) is 0.537. The fourth-order valence-electron chi connectivity index (χ4n) is 0. The maximum absolute atomic E-state index is 7.83. The van der Waals surface area contributed by atoms with Gasteiger partial charge in [-0.05, 0) is 0 Å². The Kier molecular flexibility index (Phi) is 154. The molecule has 0 bridgehead atoms. The molecule has 0 atom stereocenters. The Labute approximate surface area is 96.7 Å². The molecular weight excluding hydrogens is 265 g/mol. The molecule has 0 unspecified atom stereocenters. The standard InChI is InChI=1S/Cu.OS.Sr.Zn/c;1-2;;. The Hall–Kier alpha value is 2.64. The molecule has 0 saturated heterocycles. The van der Waals surface area contributed by atoms with Crippen molar-refractivity contribution < 1.29 is 40.8 Å². The van der Waals surface area contributed by atoms with Crippen LogP contribution in [0.25, 0.3) is 0 Å². The van der Waals surface area contributed by atoms with Crippen molar-refractivity contribution in [1.82, 2.24) is 0 Å². The minimum Gasteiger partial charge on any atom is -0.197 e. The molecule has 1 nitrogen and oxygen atoms in total. The van der Waals surface area contributed by atoms with E-state index in [-0.39, 0.29) is 82.0 Å². The summed E-state index contributed by atoms with van der Waals surface area (Å²) in [7, 11) is 0. The summed E-state index contributed by atoms with van der Waals surface area (Å²) in [5, 5.41) is 0. The van der Waals surface area contributed by atoms with Crippen LogP contribution in [0.4, 0.5) is 0 Å². The van der Waals surface area contributed by atoms with E-state index in [4.69, 9.17) is 4.21 Å². The van der Waals surface area contributed by atoms with Crippen LogP contribution in [0.1, 0.15) is 0 Å². The molecule has 0 amide bonds. The SMILES string of the molecule is O=S.[Cu].[Sr].[Zn]. The van der Waals surface area contributed by atoms with Crippen molar-refractivity contribution in [2.24, 2.45) is 0 Å². The molecule has 0 aromatic rings. The zero-order valence-corrected chi connectivity index (χ0v) is 10.7. The second-order valence-electron chi connectivity index (χ2n) is 0. The first kappa shape index (κ1) is 25.4. The van der Waals surface area contributed by atoms with E-state index >= 15 is 0 Å². The number of hydrogen-bond acceptors (Lipinski definition) is 2. The van der Waals surface area contributed by atoms with Crippen LogP contribution in [-0.4, -0.2) is 49.7 Å². The number of rotatable bonds is 0. The van der Waals surface area contributed by atoms with E-state index in [1.807, 2.05) is 0 Å². The average Bonchev–Trinajstić information content (AvgIpc) is 1.00. The summed E-state index contributed by atoms with van der Waals surface area (Å²) in [5.74, 6) is 0. The van der Waals surface area contributed by atoms with Crippen molar-refractivity contribution in [2.45, 2.75) is 0 Å². The third kappa shape index (κ3) is 20.5. The zero-order chi connectivity index (χ0) is 2.00. The molecule has 0 heterocycles. The molecule has 0 aromatic carbocycles. The Balaban J connectivity index is -0.00000000167. The van der Waals surface area contributed by atoms with Gasteiger partial charge in [0.05, 0.1) is 0 Å². The van der Waals surface area contributed by atoms with Gasteiger partial charge in [0.25, 0.3) is 0 Å². The predicted octanol–water partition coefficient (Wildman–Crippen LogP) is -0.722. The van der Waals surface area contributed by atoms with Gasteiger partial charge in [0.2, 0.25) is 0 Å². The average molecular weight is 265 g/mol. The molecule has 0 aromatic heterocycles. The first-order valence-electron chi connectivity index (χ1n) is 0.167. The van der Waals surface area contributed by atoms with Crippen molar-refractivity contribution >= 4 is 58.0 Å². The van der Waals surface area contributed by atoms with E-state index in [1.165, 1.54) is 0 Å². The Morgan fingerprint density at radius 1 is 1.20 bits per heavy atom. The molecule has 0 rings (SSSR count). The van der Waals surface area contributed by atoms with Gasteiger partial charge in [-0.3, -0.25) is 0 Å². The minimum atomic E-state index is 0. The molecule has 5 heavy (non-hydrogen) atoms. The van der Waals surface area contributed by atoms with E-state index < -0.39 is 0 Å². The number of hydrogen-bond donors (Lipinski definition) is 0. The van der Waals surface area contributed by atoms with Crippen molar-refractivity contribution in [1.29, 1.82) is 0 Å². The van der Waals surface area contributed by atoms with Crippen LogP contribution < -0.4 is 0 Å². The molecule has 0 N–H and O–H groups in total. The van der Waals surface area contributed by atoms with Gasteiger partial charge in [0, 0.05) is 82.0 Å². The van der Waals surface area contributed by atoms with Crippen LogP contribution in [0.15, 0.2) is 0 Å². The molecule has 27 valence electrons. The van der Waals surface area contributed by atoms with Crippen molar-refractivity contribution in [3.63, 3.8) is 0 Å². The van der Waals surface area contributed by atoms with E-state index in [2.05, 4.69) is 12.5 Å². The second-order valence-corrected chi connectivity index (χ2v) is 0. The monoisotopic (exact) mass is 263 g/mol. The van der Waals surface area contributed by atoms with E-state index in [0.717, 1.165) is 0 Å². The zero-order valence-electron chi connectivity index (χ0n) is 2.53. The van der Waals surface area contributed by atoms with Gasteiger partial charge >= 0.3 is 0 Å². The molecule has 0 aliphatic rings. The molecule has 0 saturated carbocycles. The fraction of sp³-hybridized carbons (Fsp3) is 0. The van der Waals surface area contributed by atoms with E-state index in [0.29, 0.717) is 0 Å². The van der Waals surface area contributed by atoms with Crippen LogP contribution in [0.3, 0.4) is 0 Å². The van der Waals surface area contributed by atoms with Crippen molar-refractivity contribution in [2.75, 3.05) is 0 Å². The largest absolute Gasteiger partial charge is 0.197 e. The van der Waals surface area contributed by atoms with Gasteiger partial charge in [0.1, 0.15) is 0 Å². The summed E-state index contributed by atoms with van der Waals surface area (Å²) in [6.07, 6.45) is 0. The molecule has 0 spiro atoms. The van der Waals surface area contributed by atoms with Crippen molar-refractivity contribution in [3.05, 3.63) is 0 Å². The maximum Gasteiger partial charge on any atom is 0.197 e. The molecule has 0 fully saturated rings. The van der Waals surface area contributed by atoms with Gasteiger partial charge in [-0.2, -0.15) is 4.21 Å². The third-order valence-corrected chi connectivity index (χ3v) is 0. The predicted molar refractivity (Wildman–Crippen MR) is 13.9 cm³/mol. The van der Waals surface area contributed by atoms with Gasteiger partial charge in [-0.15, -0.1) is 0 Å². The second kappa shape index (κ2) is 30.3. The van der Waals surface area contributed by atoms with E-state index in [1.54, 1.807) is 0 Å². The van der Waals surface area contributed by atoms with Gasteiger partial charge in [0.15, 0.2) is 12.5 Å². The van der Waals surface area contributed by atoms with Crippen molar-refractivity contribution in [3.8, 4) is 0 Å². The third-order valence-electron chi connectivity index (χ3n) is 0. The Morgan fingerprint density at radius 3 is 1.20 bits per heavy atom. The fourth-order valence-corrected chi connectivity index (χ4v) is 0. The smallest absolute Gasteiger partial charge is 0.197 e. The first-order chi connectivity index (χ1) is 1.00. The summed E-state index contributed by atoms with van der Waals surface area (Å²) in [6.45, 7) is 0. The molecular formula is CuOSSrZn. The summed E-state index contributed by atoms with van der Waals surface area (Å²) in [5.41, 5.74) is 0. The summed E-state index contributed by atoms with van der Waals surface area (Å²) < 4.78 is 7.83. The van der Waals surface area contributed by atoms with Gasteiger partial charge in [-0.1, -0.05) is 0 Å². The Bertz CT molecular complexity index is 11.6. The van der Waals surface area contributed by atoms with Crippen LogP contribution in [0.2, 0.25) is 0 Å². The maximum atomic E-state index is 7.83. The molecule has 0 aliphatic heterocycles. The van der Waals surface area contributed by atoms with Crippen LogP contribution in [-0.2, 0) is 49.1 Å². The summed E-state index contributed by atoms with van der Waals surface area (Å²) in [4.78, 5) is 0. The normalized spacial score (nSPS) is 0.800. The first-order valence-corrected chi connectivity index (χ1v) is 0.500. The van der Waals surface area contributed by atoms with Gasteiger partial charge < -0.3 is 0 Å². The topological polar surface area (TPSA) is 17.1 Å². The van der Waals surface area contributed by atoms with Crippen LogP contribution in [0.5, 0.6) is 0 Å². The van der Waals surface area contributed by atoms with E-state index in [9.17, 15) is 0 Å². The van der Waals surface area contributed by atoms with Crippen LogP contribution in [0, 0.1) is 0 Å². The Morgan fingerprint density at radius 2 is 1.20 bits per heavy atom. The minimum absolute atomic E-state index is 0. The molecule has 3 radical (unpaired) electrons.